The van der Waals surface area contributed by atoms with Crippen LogP contribution in [-0.2, 0) is 0 Å². The Morgan fingerprint density at radius 2 is 2.06 bits per heavy atom. The average Bonchev–Trinajstić information content (AvgIpc) is 2.32. The summed E-state index contributed by atoms with van der Waals surface area (Å²) in [6.07, 6.45) is 6.34. The molecule has 0 saturated carbocycles. The summed E-state index contributed by atoms with van der Waals surface area (Å²) < 4.78 is 0. The molecule has 0 aliphatic carbocycles. The van der Waals surface area contributed by atoms with Gasteiger partial charge in [0.1, 0.15) is 0 Å². The largest absolute Gasteiger partial charge is 0.395 e. The van der Waals surface area contributed by atoms with Crippen LogP contribution in [0.25, 0.3) is 0 Å². The molecule has 1 aliphatic rings. The highest BCUT2D eigenvalue weighted by Crippen LogP contribution is 2.13. The first-order chi connectivity index (χ1) is 7.81. The second kappa shape index (κ2) is 8.04. The van der Waals surface area contributed by atoms with Gasteiger partial charge in [0.2, 0.25) is 0 Å². The molecule has 1 unspecified atom stereocenters. The van der Waals surface area contributed by atoms with Crippen LogP contribution in [-0.4, -0.2) is 48.3 Å². The molecule has 0 aromatic carbocycles. The number of rotatable bonds is 7. The molecule has 1 saturated heterocycles. The lowest BCUT2D eigenvalue weighted by molar-refractivity contribution is 0.125. The summed E-state index contributed by atoms with van der Waals surface area (Å²) in [6, 6.07) is 1.27. The van der Waals surface area contributed by atoms with Crippen LogP contribution in [0.5, 0.6) is 0 Å². The zero-order chi connectivity index (χ0) is 11.8. The van der Waals surface area contributed by atoms with E-state index in [-0.39, 0.29) is 6.61 Å². The molecule has 1 atom stereocenters. The van der Waals surface area contributed by atoms with E-state index >= 15 is 0 Å². The van der Waals surface area contributed by atoms with Crippen LogP contribution < -0.4 is 5.32 Å². The summed E-state index contributed by atoms with van der Waals surface area (Å²) >= 11 is 0. The molecule has 2 N–H and O–H groups in total. The van der Waals surface area contributed by atoms with Gasteiger partial charge in [-0.15, -0.1) is 0 Å². The fraction of sp³-hybridized carbons (Fsp3) is 1.00. The number of nitrogens with zero attached hydrogens (tertiary/aromatic N) is 1. The number of nitrogens with one attached hydrogen (secondary N) is 1. The normalized spacial score (nSPS) is 21.9. The first-order valence-electron chi connectivity index (χ1n) is 6.90. The van der Waals surface area contributed by atoms with Crippen LogP contribution >= 0.6 is 0 Å². The zero-order valence-corrected chi connectivity index (χ0v) is 10.9. The summed E-state index contributed by atoms with van der Waals surface area (Å²) in [5.74, 6) is 0. The van der Waals surface area contributed by atoms with Crippen LogP contribution in [0.15, 0.2) is 0 Å². The van der Waals surface area contributed by atoms with Crippen molar-refractivity contribution >= 4 is 0 Å². The lowest BCUT2D eigenvalue weighted by atomic mass is 10.0. The van der Waals surface area contributed by atoms with Gasteiger partial charge in [-0.05, 0) is 32.2 Å². The average molecular weight is 228 g/mol. The van der Waals surface area contributed by atoms with Crippen molar-refractivity contribution < 1.29 is 5.11 Å². The molecule has 0 spiro atoms. The van der Waals surface area contributed by atoms with E-state index in [1.54, 1.807) is 0 Å². The first kappa shape index (κ1) is 13.9. The van der Waals surface area contributed by atoms with Gasteiger partial charge in [-0.1, -0.05) is 20.3 Å². The third-order valence-electron chi connectivity index (χ3n) is 3.71. The summed E-state index contributed by atoms with van der Waals surface area (Å²) in [5, 5.41) is 12.7. The van der Waals surface area contributed by atoms with E-state index in [0.717, 1.165) is 13.1 Å². The zero-order valence-electron chi connectivity index (χ0n) is 10.9. The summed E-state index contributed by atoms with van der Waals surface area (Å²) in [4.78, 5) is 2.46. The van der Waals surface area contributed by atoms with Gasteiger partial charge in [-0.25, -0.2) is 0 Å². The van der Waals surface area contributed by atoms with Crippen molar-refractivity contribution in [1.82, 2.24) is 10.2 Å². The van der Waals surface area contributed by atoms with E-state index in [1.165, 1.54) is 38.6 Å². The fourth-order valence-electron chi connectivity index (χ4n) is 2.72. The number of piperidine rings is 1. The molecule has 1 fully saturated rings. The second-order valence-electron chi connectivity index (χ2n) is 4.84. The van der Waals surface area contributed by atoms with Crippen molar-refractivity contribution in [3.05, 3.63) is 0 Å². The van der Waals surface area contributed by atoms with E-state index in [2.05, 4.69) is 24.1 Å². The minimum atomic E-state index is 0.281. The Morgan fingerprint density at radius 1 is 1.31 bits per heavy atom. The second-order valence-corrected chi connectivity index (χ2v) is 4.84. The van der Waals surface area contributed by atoms with Crippen molar-refractivity contribution in [3.63, 3.8) is 0 Å². The number of aliphatic hydroxyl groups is 1. The van der Waals surface area contributed by atoms with E-state index in [4.69, 9.17) is 5.11 Å². The first-order valence-corrected chi connectivity index (χ1v) is 6.90. The van der Waals surface area contributed by atoms with Gasteiger partial charge in [0.15, 0.2) is 0 Å². The Kier molecular flexibility index (Phi) is 7.01. The summed E-state index contributed by atoms with van der Waals surface area (Å²) in [6.45, 7) is 7.86. The predicted octanol–water partition coefficient (Wildman–Crippen LogP) is 1.61. The van der Waals surface area contributed by atoms with E-state index < -0.39 is 0 Å². The van der Waals surface area contributed by atoms with Crippen molar-refractivity contribution in [2.75, 3.05) is 26.2 Å². The predicted molar refractivity (Wildman–Crippen MR) is 68.7 cm³/mol. The molecule has 3 heteroatoms. The topological polar surface area (TPSA) is 35.5 Å². The molecular formula is C13H28N2O. The van der Waals surface area contributed by atoms with E-state index in [0.29, 0.717) is 12.1 Å². The van der Waals surface area contributed by atoms with Crippen LogP contribution in [0, 0.1) is 0 Å². The van der Waals surface area contributed by atoms with Crippen LogP contribution in [0.1, 0.15) is 46.0 Å². The van der Waals surface area contributed by atoms with Gasteiger partial charge in [0.25, 0.3) is 0 Å². The van der Waals surface area contributed by atoms with Gasteiger partial charge in [0, 0.05) is 25.2 Å². The van der Waals surface area contributed by atoms with Gasteiger partial charge in [0.05, 0.1) is 6.61 Å². The number of hydrogen-bond donors (Lipinski definition) is 2. The molecule has 0 bridgehead atoms. The molecule has 96 valence electrons. The standard InChI is InChI=1S/C13H28N2O/c1-3-13(4-2)15(9-10-16)11-12-7-5-6-8-14-12/h12-14,16H,3-11H2,1-2H3. The van der Waals surface area contributed by atoms with Crippen molar-refractivity contribution in [3.8, 4) is 0 Å². The third-order valence-corrected chi connectivity index (χ3v) is 3.71. The summed E-state index contributed by atoms with van der Waals surface area (Å²) in [5.41, 5.74) is 0. The molecule has 0 aromatic heterocycles. The molecule has 1 rings (SSSR count). The van der Waals surface area contributed by atoms with Crippen molar-refractivity contribution in [2.24, 2.45) is 0 Å². The molecule has 16 heavy (non-hydrogen) atoms. The highest BCUT2D eigenvalue weighted by atomic mass is 16.3. The maximum atomic E-state index is 9.14. The van der Waals surface area contributed by atoms with Gasteiger partial charge >= 0.3 is 0 Å². The van der Waals surface area contributed by atoms with Gasteiger partial charge < -0.3 is 10.4 Å². The summed E-state index contributed by atoms with van der Waals surface area (Å²) in [7, 11) is 0. The maximum Gasteiger partial charge on any atom is 0.0558 e. The molecule has 1 heterocycles. The Hall–Kier alpha value is -0.120. The number of hydrogen-bond acceptors (Lipinski definition) is 3. The monoisotopic (exact) mass is 228 g/mol. The fourth-order valence-corrected chi connectivity index (χ4v) is 2.72. The van der Waals surface area contributed by atoms with Crippen LogP contribution in [0.4, 0.5) is 0 Å². The Bertz CT molecular complexity index is 165. The quantitative estimate of drug-likeness (QED) is 0.695. The lowest BCUT2D eigenvalue weighted by Gasteiger charge is -2.35. The van der Waals surface area contributed by atoms with Gasteiger partial charge in [-0.3, -0.25) is 4.90 Å². The molecule has 0 aromatic rings. The highest BCUT2D eigenvalue weighted by molar-refractivity contribution is 4.79. The maximum absolute atomic E-state index is 9.14. The Morgan fingerprint density at radius 3 is 2.56 bits per heavy atom. The molecule has 0 radical (unpaired) electrons. The minimum Gasteiger partial charge on any atom is -0.395 e. The van der Waals surface area contributed by atoms with E-state index in [9.17, 15) is 0 Å². The van der Waals surface area contributed by atoms with Crippen molar-refractivity contribution in [2.45, 2.75) is 58.0 Å². The molecule has 1 aliphatic heterocycles. The van der Waals surface area contributed by atoms with Crippen LogP contribution in [0.2, 0.25) is 0 Å². The molecule has 0 amide bonds. The smallest absolute Gasteiger partial charge is 0.0558 e. The minimum absolute atomic E-state index is 0.281. The van der Waals surface area contributed by atoms with E-state index in [1.807, 2.05) is 0 Å². The number of aliphatic hydroxyl groups excluding tert-OH is 1. The molecular weight excluding hydrogens is 200 g/mol. The van der Waals surface area contributed by atoms with Crippen molar-refractivity contribution in [1.29, 1.82) is 0 Å². The molecule has 3 nitrogen and oxygen atoms in total. The SMILES string of the molecule is CCC(CC)N(CCO)CC1CCCCN1. The van der Waals surface area contributed by atoms with Gasteiger partial charge in [-0.2, -0.15) is 0 Å². The highest BCUT2D eigenvalue weighted by Gasteiger charge is 2.20. The van der Waals surface area contributed by atoms with Crippen LogP contribution in [0.3, 0.4) is 0 Å². The Labute approximate surface area is 100 Å². The third kappa shape index (κ3) is 4.40. The Balaban J connectivity index is 2.41. The lowest BCUT2D eigenvalue weighted by Crippen LogP contribution is -2.47.